The number of nitro groups is 1. The lowest BCUT2D eigenvalue weighted by Crippen LogP contribution is -2.45. The van der Waals surface area contributed by atoms with Gasteiger partial charge in [-0.3, -0.25) is 29.5 Å². The Morgan fingerprint density at radius 1 is 1.19 bits per heavy atom. The summed E-state index contributed by atoms with van der Waals surface area (Å²) in [5.74, 6) is -0.444. The number of thiophene rings is 1. The van der Waals surface area contributed by atoms with Crippen LogP contribution in [0.5, 0.6) is 0 Å². The van der Waals surface area contributed by atoms with Crippen LogP contribution in [0.25, 0.3) is 0 Å². The van der Waals surface area contributed by atoms with Crippen LogP contribution in [0.2, 0.25) is 0 Å². The van der Waals surface area contributed by atoms with Crippen molar-refractivity contribution >= 4 is 28.8 Å². The van der Waals surface area contributed by atoms with E-state index < -0.39 is 16.7 Å². The van der Waals surface area contributed by atoms with Crippen molar-refractivity contribution in [2.75, 3.05) is 13.2 Å². The van der Waals surface area contributed by atoms with Gasteiger partial charge < -0.3 is 0 Å². The van der Waals surface area contributed by atoms with Crippen molar-refractivity contribution < 1.29 is 14.5 Å². The predicted octanol–water partition coefficient (Wildman–Crippen LogP) is 3.22. The van der Waals surface area contributed by atoms with E-state index in [0.29, 0.717) is 5.92 Å². The van der Waals surface area contributed by atoms with Crippen LogP contribution in [0.4, 0.5) is 5.69 Å². The maximum absolute atomic E-state index is 12.9. The molecule has 5 rings (SSSR count). The molecule has 0 saturated heterocycles. The zero-order valence-electron chi connectivity index (χ0n) is 14.5. The van der Waals surface area contributed by atoms with Gasteiger partial charge in [0.15, 0.2) is 0 Å². The quantitative estimate of drug-likeness (QED) is 0.460. The lowest BCUT2D eigenvalue weighted by atomic mass is 9.96. The highest BCUT2D eigenvalue weighted by atomic mass is 32.1. The molecule has 0 radical (unpaired) electrons. The molecule has 1 fully saturated rings. The molecule has 2 aromatic rings. The van der Waals surface area contributed by atoms with E-state index in [0.717, 1.165) is 25.8 Å². The Morgan fingerprint density at radius 2 is 2.00 bits per heavy atom. The highest BCUT2D eigenvalue weighted by Gasteiger charge is 2.45. The molecule has 3 heterocycles. The van der Waals surface area contributed by atoms with Crippen LogP contribution < -0.4 is 0 Å². The average Bonchev–Trinajstić information content (AvgIpc) is 3.34. The fourth-order valence-electron chi connectivity index (χ4n) is 4.30. The molecule has 3 aliphatic rings. The van der Waals surface area contributed by atoms with Crippen molar-refractivity contribution in [1.82, 2.24) is 9.80 Å². The highest BCUT2D eigenvalue weighted by molar-refractivity contribution is 7.10. The van der Waals surface area contributed by atoms with Crippen molar-refractivity contribution in [3.63, 3.8) is 0 Å². The second-order valence-electron chi connectivity index (χ2n) is 7.28. The number of carbonyl (C=O) groups excluding carboxylic acids is 2. The molecule has 0 spiro atoms. The fourth-order valence-corrected chi connectivity index (χ4v) is 5.21. The number of carbonyl (C=O) groups is 2. The zero-order chi connectivity index (χ0) is 18.7. The normalized spacial score (nSPS) is 22.1. The van der Waals surface area contributed by atoms with Crippen LogP contribution in [-0.2, 0) is 6.42 Å². The van der Waals surface area contributed by atoms with Crippen molar-refractivity contribution in [3.8, 4) is 0 Å². The number of imide groups is 1. The summed E-state index contributed by atoms with van der Waals surface area (Å²) in [4.78, 5) is 41.1. The molecule has 8 heteroatoms. The second-order valence-corrected chi connectivity index (χ2v) is 8.28. The number of hydrogen-bond donors (Lipinski definition) is 0. The van der Waals surface area contributed by atoms with Gasteiger partial charge in [0.1, 0.15) is 5.56 Å². The third kappa shape index (κ3) is 2.51. The smallest absolute Gasteiger partial charge is 0.278 e. The second kappa shape index (κ2) is 5.97. The first kappa shape index (κ1) is 16.6. The number of fused-ring (bicyclic) bond motifs is 2. The summed E-state index contributed by atoms with van der Waals surface area (Å²) < 4.78 is 0. The van der Waals surface area contributed by atoms with Crippen LogP contribution in [0.15, 0.2) is 29.6 Å². The van der Waals surface area contributed by atoms with Gasteiger partial charge in [-0.1, -0.05) is 6.07 Å². The molecule has 0 N–H and O–H groups in total. The fraction of sp³-hybridized carbons (Fsp3) is 0.368. The average molecular weight is 383 g/mol. The Morgan fingerprint density at radius 3 is 2.74 bits per heavy atom. The summed E-state index contributed by atoms with van der Waals surface area (Å²) in [6.07, 6.45) is 3.22. The minimum atomic E-state index is -0.598. The number of rotatable bonds is 4. The van der Waals surface area contributed by atoms with E-state index in [9.17, 15) is 19.7 Å². The molecule has 2 aliphatic heterocycles. The molecule has 0 bridgehead atoms. The van der Waals surface area contributed by atoms with Gasteiger partial charge in [-0.2, -0.15) is 0 Å². The van der Waals surface area contributed by atoms with Gasteiger partial charge in [0, 0.05) is 23.5 Å². The molecule has 27 heavy (non-hydrogen) atoms. The summed E-state index contributed by atoms with van der Waals surface area (Å²) in [5.41, 5.74) is 1.07. The third-order valence-electron chi connectivity index (χ3n) is 5.68. The van der Waals surface area contributed by atoms with E-state index in [1.165, 1.54) is 33.5 Å². The van der Waals surface area contributed by atoms with E-state index in [1.807, 2.05) is 0 Å². The minimum Gasteiger partial charge on any atom is -0.278 e. The number of nitro benzene ring substituents is 1. The third-order valence-corrected chi connectivity index (χ3v) is 6.68. The molecule has 138 valence electrons. The molecule has 1 aliphatic carbocycles. The summed E-state index contributed by atoms with van der Waals surface area (Å²) in [5, 5.41) is 13.4. The summed E-state index contributed by atoms with van der Waals surface area (Å²) in [6.45, 7) is 0.962. The number of benzene rings is 1. The Bertz CT molecular complexity index is 981. The Hall–Kier alpha value is -2.58. The van der Waals surface area contributed by atoms with E-state index in [4.69, 9.17) is 0 Å². The van der Waals surface area contributed by atoms with Gasteiger partial charge >= 0.3 is 0 Å². The van der Waals surface area contributed by atoms with Gasteiger partial charge in [0.2, 0.25) is 0 Å². The van der Waals surface area contributed by atoms with Crippen LogP contribution in [0.3, 0.4) is 0 Å². The largest absolute Gasteiger partial charge is 0.282 e. The molecular weight excluding hydrogens is 366 g/mol. The first-order valence-electron chi connectivity index (χ1n) is 9.00. The van der Waals surface area contributed by atoms with Crippen LogP contribution in [0.1, 0.15) is 50.0 Å². The summed E-state index contributed by atoms with van der Waals surface area (Å²) in [6, 6.07) is 6.60. The van der Waals surface area contributed by atoms with Gasteiger partial charge in [-0.05, 0) is 48.3 Å². The van der Waals surface area contributed by atoms with E-state index in [1.54, 1.807) is 11.3 Å². The zero-order valence-corrected chi connectivity index (χ0v) is 15.3. The van der Waals surface area contributed by atoms with Crippen molar-refractivity contribution in [1.29, 1.82) is 0 Å². The standard InChI is InChI=1S/C19H17N3O4S/c23-18-13-2-1-3-14(22(25)26)16(13)19(24)21(18)10-20-8-6-15-12(7-9-27-15)17(20)11-4-5-11/h1-3,7,9,11,17H,4-6,8,10H2/t17-/m1/s1. The topological polar surface area (TPSA) is 83.8 Å². The molecule has 2 amide bonds. The molecule has 1 saturated carbocycles. The predicted molar refractivity (Wildman–Crippen MR) is 98.7 cm³/mol. The van der Waals surface area contributed by atoms with Crippen molar-refractivity contribution in [2.45, 2.75) is 25.3 Å². The lowest BCUT2D eigenvalue weighted by Gasteiger charge is -2.37. The maximum atomic E-state index is 12.9. The Labute approximate surface area is 159 Å². The molecule has 1 aromatic carbocycles. The van der Waals surface area contributed by atoms with Crippen molar-refractivity contribution in [3.05, 3.63) is 61.3 Å². The molecule has 0 unspecified atom stereocenters. The SMILES string of the molecule is O=C1c2cccc([N+](=O)[O-])c2C(=O)N1CN1CCc2sccc2[C@H]1C1CC1. The Balaban J connectivity index is 1.46. The number of hydrogen-bond acceptors (Lipinski definition) is 6. The van der Waals surface area contributed by atoms with Gasteiger partial charge in [0.05, 0.1) is 17.2 Å². The summed E-state index contributed by atoms with van der Waals surface area (Å²) >= 11 is 1.77. The number of amides is 2. The molecule has 1 aromatic heterocycles. The number of nitrogens with zero attached hydrogens (tertiary/aromatic N) is 3. The Kier molecular flexibility index (Phi) is 3.66. The maximum Gasteiger partial charge on any atom is 0.282 e. The summed E-state index contributed by atoms with van der Waals surface area (Å²) in [7, 11) is 0. The van der Waals surface area contributed by atoms with Crippen molar-refractivity contribution in [2.24, 2.45) is 5.92 Å². The van der Waals surface area contributed by atoms with E-state index in [-0.39, 0.29) is 29.5 Å². The van der Waals surface area contributed by atoms with Gasteiger partial charge in [-0.25, -0.2) is 0 Å². The first-order chi connectivity index (χ1) is 13.1. The monoisotopic (exact) mass is 383 g/mol. The van der Waals surface area contributed by atoms with E-state index >= 15 is 0 Å². The first-order valence-corrected chi connectivity index (χ1v) is 9.88. The van der Waals surface area contributed by atoms with Crippen LogP contribution >= 0.6 is 11.3 Å². The molecule has 7 nitrogen and oxygen atoms in total. The van der Waals surface area contributed by atoms with Crippen LogP contribution in [0, 0.1) is 16.0 Å². The lowest BCUT2D eigenvalue weighted by molar-refractivity contribution is -0.385. The van der Waals surface area contributed by atoms with Gasteiger partial charge in [-0.15, -0.1) is 11.3 Å². The molecular formula is C19H17N3O4S. The highest BCUT2D eigenvalue weighted by Crippen LogP contribution is 2.48. The van der Waals surface area contributed by atoms with Crippen LogP contribution in [-0.4, -0.2) is 39.8 Å². The van der Waals surface area contributed by atoms with Gasteiger partial charge in [0.25, 0.3) is 17.5 Å². The minimum absolute atomic E-state index is 0.0799. The van der Waals surface area contributed by atoms with E-state index in [2.05, 4.69) is 16.3 Å². The molecule has 1 atom stereocenters.